The van der Waals surface area contributed by atoms with Gasteiger partial charge in [0.1, 0.15) is 0 Å². The summed E-state index contributed by atoms with van der Waals surface area (Å²) in [4.78, 5) is 11.0. The quantitative estimate of drug-likeness (QED) is 0.831. The summed E-state index contributed by atoms with van der Waals surface area (Å²) in [5.41, 5.74) is 7.24. The van der Waals surface area contributed by atoms with Crippen molar-refractivity contribution in [2.24, 2.45) is 11.7 Å². The number of hydrogen-bond donors (Lipinski definition) is 2. The van der Waals surface area contributed by atoms with Crippen molar-refractivity contribution in [2.45, 2.75) is 19.3 Å². The minimum Gasteiger partial charge on any atom is -0.385 e. The summed E-state index contributed by atoms with van der Waals surface area (Å²) in [7, 11) is 0. The maximum atomic E-state index is 11.0. The van der Waals surface area contributed by atoms with E-state index in [9.17, 15) is 4.79 Å². The normalized spacial score (nSPS) is 16.4. The van der Waals surface area contributed by atoms with E-state index in [0.717, 1.165) is 43.9 Å². The predicted octanol–water partition coefficient (Wildman–Crippen LogP) is 1.55. The second kappa shape index (κ2) is 6.40. The van der Waals surface area contributed by atoms with Crippen molar-refractivity contribution in [2.75, 3.05) is 25.1 Å². The number of nitrogens with two attached hydrogens (primary N) is 1. The first-order chi connectivity index (χ1) is 8.75. The number of ether oxygens (including phenoxy) is 1. The van der Waals surface area contributed by atoms with Crippen LogP contribution in [0, 0.1) is 5.92 Å². The number of carbonyl (C=O) groups is 1. The minimum atomic E-state index is -0.296. The number of nitrogens with one attached hydrogen (secondary N) is 1. The second-order valence-corrected chi connectivity index (χ2v) is 4.74. The van der Waals surface area contributed by atoms with Gasteiger partial charge < -0.3 is 15.8 Å². The molecule has 1 aromatic carbocycles. The maximum Gasteiger partial charge on any atom is 0.221 e. The van der Waals surface area contributed by atoms with Gasteiger partial charge in [0, 0.05) is 25.4 Å². The van der Waals surface area contributed by atoms with Crippen LogP contribution in [-0.2, 0) is 16.0 Å². The summed E-state index contributed by atoms with van der Waals surface area (Å²) < 4.78 is 5.34. The van der Waals surface area contributed by atoms with Gasteiger partial charge in [0.25, 0.3) is 0 Å². The standard InChI is InChI=1S/C14H20N2O2/c15-14(17)9-12-3-1-2-4-13(12)16-10-11-5-7-18-8-6-11/h1-4,11,16H,5-10H2,(H2,15,17). The third-order valence-electron chi connectivity index (χ3n) is 3.30. The lowest BCUT2D eigenvalue weighted by atomic mass is 10.00. The molecule has 1 heterocycles. The Kier molecular flexibility index (Phi) is 4.59. The van der Waals surface area contributed by atoms with E-state index in [1.165, 1.54) is 0 Å². The number of amides is 1. The Labute approximate surface area is 108 Å². The molecule has 1 saturated heterocycles. The van der Waals surface area contributed by atoms with Crippen molar-refractivity contribution in [3.8, 4) is 0 Å². The molecule has 18 heavy (non-hydrogen) atoms. The highest BCUT2D eigenvalue weighted by molar-refractivity contribution is 5.78. The van der Waals surface area contributed by atoms with Gasteiger partial charge in [-0.15, -0.1) is 0 Å². The first-order valence-electron chi connectivity index (χ1n) is 6.43. The summed E-state index contributed by atoms with van der Waals surface area (Å²) in [5.74, 6) is 0.357. The van der Waals surface area contributed by atoms with Crippen LogP contribution in [0.4, 0.5) is 5.69 Å². The van der Waals surface area contributed by atoms with Crippen molar-refractivity contribution in [1.82, 2.24) is 0 Å². The number of anilines is 1. The van der Waals surface area contributed by atoms with Gasteiger partial charge in [-0.1, -0.05) is 18.2 Å². The van der Waals surface area contributed by atoms with E-state index in [-0.39, 0.29) is 12.3 Å². The smallest absolute Gasteiger partial charge is 0.221 e. The molecule has 1 aliphatic heterocycles. The molecule has 0 bridgehead atoms. The molecule has 2 rings (SSSR count). The molecule has 1 aromatic rings. The lowest BCUT2D eigenvalue weighted by molar-refractivity contribution is -0.117. The molecule has 3 N–H and O–H groups in total. The van der Waals surface area contributed by atoms with Crippen LogP contribution in [0.15, 0.2) is 24.3 Å². The van der Waals surface area contributed by atoms with Gasteiger partial charge in [-0.3, -0.25) is 4.79 Å². The van der Waals surface area contributed by atoms with Crippen LogP contribution in [0.5, 0.6) is 0 Å². The molecule has 1 fully saturated rings. The molecule has 1 amide bonds. The monoisotopic (exact) mass is 248 g/mol. The summed E-state index contributed by atoms with van der Waals surface area (Å²) in [5, 5.41) is 3.42. The molecule has 0 saturated carbocycles. The molecule has 4 nitrogen and oxygen atoms in total. The lowest BCUT2D eigenvalue weighted by Crippen LogP contribution is -2.23. The van der Waals surface area contributed by atoms with Crippen molar-refractivity contribution in [3.63, 3.8) is 0 Å². The molecule has 4 heteroatoms. The van der Waals surface area contributed by atoms with E-state index in [2.05, 4.69) is 5.32 Å². The van der Waals surface area contributed by atoms with Crippen molar-refractivity contribution in [3.05, 3.63) is 29.8 Å². The van der Waals surface area contributed by atoms with Gasteiger partial charge in [-0.05, 0) is 30.4 Å². The maximum absolute atomic E-state index is 11.0. The summed E-state index contributed by atoms with van der Waals surface area (Å²) >= 11 is 0. The highest BCUT2D eigenvalue weighted by atomic mass is 16.5. The van der Waals surface area contributed by atoms with E-state index in [1.54, 1.807) is 0 Å². The zero-order valence-corrected chi connectivity index (χ0v) is 10.5. The first-order valence-corrected chi connectivity index (χ1v) is 6.43. The number of hydrogen-bond acceptors (Lipinski definition) is 3. The van der Waals surface area contributed by atoms with Gasteiger partial charge in [0.05, 0.1) is 6.42 Å². The van der Waals surface area contributed by atoms with Crippen LogP contribution in [0.3, 0.4) is 0 Å². The molecule has 0 spiro atoms. The summed E-state index contributed by atoms with van der Waals surface area (Å²) in [6, 6.07) is 7.84. The fourth-order valence-electron chi connectivity index (χ4n) is 2.24. The second-order valence-electron chi connectivity index (χ2n) is 4.74. The SMILES string of the molecule is NC(=O)Cc1ccccc1NCC1CCOCC1. The fourth-order valence-corrected chi connectivity index (χ4v) is 2.24. The highest BCUT2D eigenvalue weighted by Crippen LogP contribution is 2.19. The van der Waals surface area contributed by atoms with E-state index in [4.69, 9.17) is 10.5 Å². The Balaban J connectivity index is 1.93. The predicted molar refractivity (Wildman–Crippen MR) is 71.4 cm³/mol. The molecule has 0 radical (unpaired) electrons. The van der Waals surface area contributed by atoms with E-state index >= 15 is 0 Å². The minimum absolute atomic E-state index is 0.289. The van der Waals surface area contributed by atoms with Crippen LogP contribution < -0.4 is 11.1 Å². The molecule has 0 aromatic heterocycles. The van der Waals surface area contributed by atoms with Gasteiger partial charge >= 0.3 is 0 Å². The Morgan fingerprint density at radius 1 is 1.33 bits per heavy atom. The van der Waals surface area contributed by atoms with E-state index in [0.29, 0.717) is 5.92 Å². The third kappa shape index (κ3) is 3.74. The molecule has 0 aliphatic carbocycles. The molecule has 0 atom stereocenters. The molecular formula is C14H20N2O2. The number of carbonyl (C=O) groups excluding carboxylic acids is 1. The van der Waals surface area contributed by atoms with Crippen molar-refractivity contribution < 1.29 is 9.53 Å². The third-order valence-corrected chi connectivity index (χ3v) is 3.30. The average Bonchev–Trinajstić information content (AvgIpc) is 2.38. The zero-order valence-electron chi connectivity index (χ0n) is 10.5. The Morgan fingerprint density at radius 3 is 2.78 bits per heavy atom. The summed E-state index contributed by atoms with van der Waals surface area (Å²) in [6.45, 7) is 2.64. The molecule has 0 unspecified atom stereocenters. The van der Waals surface area contributed by atoms with Gasteiger partial charge in [-0.2, -0.15) is 0 Å². The van der Waals surface area contributed by atoms with Crippen molar-refractivity contribution >= 4 is 11.6 Å². The fraction of sp³-hybridized carbons (Fsp3) is 0.500. The Bertz CT molecular complexity index is 401. The first kappa shape index (κ1) is 12.9. The number of benzene rings is 1. The molecular weight excluding hydrogens is 228 g/mol. The van der Waals surface area contributed by atoms with Crippen LogP contribution >= 0.6 is 0 Å². The van der Waals surface area contributed by atoms with Gasteiger partial charge in [0.15, 0.2) is 0 Å². The molecule has 98 valence electrons. The van der Waals surface area contributed by atoms with Crippen LogP contribution in [0.25, 0.3) is 0 Å². The van der Waals surface area contributed by atoms with Gasteiger partial charge in [-0.25, -0.2) is 0 Å². The van der Waals surface area contributed by atoms with Crippen LogP contribution in [-0.4, -0.2) is 25.7 Å². The lowest BCUT2D eigenvalue weighted by Gasteiger charge is -2.23. The summed E-state index contributed by atoms with van der Waals surface area (Å²) in [6.07, 6.45) is 2.49. The zero-order chi connectivity index (χ0) is 12.8. The topological polar surface area (TPSA) is 64.4 Å². The highest BCUT2D eigenvalue weighted by Gasteiger charge is 2.14. The number of rotatable bonds is 5. The largest absolute Gasteiger partial charge is 0.385 e. The number of para-hydroxylation sites is 1. The van der Waals surface area contributed by atoms with E-state index < -0.39 is 0 Å². The van der Waals surface area contributed by atoms with Crippen LogP contribution in [0.1, 0.15) is 18.4 Å². The van der Waals surface area contributed by atoms with Crippen molar-refractivity contribution in [1.29, 1.82) is 0 Å². The Hall–Kier alpha value is -1.55. The van der Waals surface area contributed by atoms with Gasteiger partial charge in [0.2, 0.25) is 5.91 Å². The van der Waals surface area contributed by atoms with E-state index in [1.807, 2.05) is 24.3 Å². The Morgan fingerprint density at radius 2 is 2.06 bits per heavy atom. The molecule has 1 aliphatic rings. The van der Waals surface area contributed by atoms with Crippen LogP contribution in [0.2, 0.25) is 0 Å². The number of primary amides is 1. The average molecular weight is 248 g/mol.